The Labute approximate surface area is 709 Å². The van der Waals surface area contributed by atoms with Crippen molar-refractivity contribution in [2.24, 2.45) is 0 Å². The number of halogens is 6. The van der Waals surface area contributed by atoms with E-state index in [2.05, 4.69) is 387 Å². The van der Waals surface area contributed by atoms with Gasteiger partial charge in [-0.3, -0.25) is 9.97 Å². The second-order valence-corrected chi connectivity index (χ2v) is 52.5. The van der Waals surface area contributed by atoms with E-state index in [0.29, 0.717) is 0 Å². The quantitative estimate of drug-likeness (QED) is 0.0341. The molecule has 108 heavy (non-hydrogen) atoms. The van der Waals surface area contributed by atoms with E-state index in [0.717, 1.165) is 16.9 Å². The van der Waals surface area contributed by atoms with Gasteiger partial charge in [-0.2, -0.15) is 8.46 Å². The second kappa shape index (κ2) is 56.9. The van der Waals surface area contributed by atoms with Gasteiger partial charge in [-0.15, -0.1) is 0 Å². The van der Waals surface area contributed by atoms with Crippen LogP contribution in [0.4, 0.5) is 0 Å². The summed E-state index contributed by atoms with van der Waals surface area (Å²) in [5.41, 5.74) is 27.9. The van der Waals surface area contributed by atoms with Gasteiger partial charge < -0.3 is 4.90 Å². The third-order valence-electron chi connectivity index (χ3n) is 18.1. The van der Waals surface area contributed by atoms with Crippen molar-refractivity contribution >= 4 is 119 Å². The molecular weight excluding hydrogens is 1760 g/mol. The first-order chi connectivity index (χ1) is 51.4. The van der Waals surface area contributed by atoms with Crippen molar-refractivity contribution in [1.29, 1.82) is 0 Å². The van der Waals surface area contributed by atoms with Crippen LogP contribution in [0.3, 0.4) is 0 Å². The topological polar surface area (TPSA) is 67.7 Å². The number of benzene rings is 7. The van der Waals surface area contributed by atoms with E-state index in [4.69, 9.17) is 0 Å². The van der Waals surface area contributed by atoms with Crippen LogP contribution < -0.4 is 0 Å². The number of rotatable bonds is 24. The number of fused-ring (bicyclic) bond motifs is 1. The summed E-state index contributed by atoms with van der Waals surface area (Å²) in [4.78, 5) is 22.8. The summed E-state index contributed by atoms with van der Waals surface area (Å²) >= 11 is 19.5. The zero-order valence-electron chi connectivity index (χ0n) is 70.4. The molecule has 3 aromatic heterocycles. The van der Waals surface area contributed by atoms with Gasteiger partial charge in [-0.05, 0) is 276 Å². The van der Waals surface area contributed by atoms with Gasteiger partial charge in [0, 0.05) is 29.5 Å². The average molecular weight is 1890 g/mol. The summed E-state index contributed by atoms with van der Waals surface area (Å²) in [6.07, 6.45) is 34.6. The molecule has 0 N–H and O–H groups in total. The summed E-state index contributed by atoms with van der Waals surface area (Å²) in [6.45, 7) is 34.3. The minimum Gasteiger partial charge on any atom is -0.189 e. The molecule has 10 rings (SSSR count). The van der Waals surface area contributed by atoms with Crippen LogP contribution in [0.5, 0.6) is 0 Å². The Morgan fingerprint density at radius 2 is 0.731 bits per heavy atom. The Morgan fingerprint density at radius 3 is 1.15 bits per heavy atom. The van der Waals surface area contributed by atoms with Gasteiger partial charge in [0.2, 0.25) is 0 Å². The van der Waals surface area contributed by atoms with Gasteiger partial charge in [0.05, 0.1) is 5.52 Å². The molecule has 0 aliphatic rings. The van der Waals surface area contributed by atoms with Crippen molar-refractivity contribution in [3.63, 3.8) is 0 Å². The van der Waals surface area contributed by atoms with Crippen LogP contribution in [0.25, 0.3) is 44.5 Å². The molecule has 6 nitrogen and oxygen atoms in total. The largest absolute Gasteiger partial charge is 0.189 e. The third-order valence-corrected chi connectivity index (χ3v) is 23.2. The molecule has 594 valence electrons. The van der Waals surface area contributed by atoms with Crippen molar-refractivity contribution in [2.45, 2.75) is 179 Å². The van der Waals surface area contributed by atoms with Gasteiger partial charge in [0.1, 0.15) is 12.7 Å². The fourth-order valence-corrected chi connectivity index (χ4v) is 15.6. The molecule has 0 amide bonds. The Balaban J connectivity index is 0.000000637. The predicted molar refractivity (Wildman–Crippen MR) is 514 cm³/mol. The predicted octanol–water partition coefficient (Wildman–Crippen LogP) is 30.0. The molecule has 7 aromatic carbocycles. The van der Waals surface area contributed by atoms with Crippen molar-refractivity contribution in [1.82, 2.24) is 29.8 Å². The Hall–Kier alpha value is -4.27. The molecule has 0 bridgehead atoms. The molecule has 0 fully saturated rings. The fraction of sp³-hybridized carbons (Fsp3) is 0.436. The first-order valence-electron chi connectivity index (χ1n) is 38.0. The van der Waals surface area contributed by atoms with Crippen LogP contribution in [-0.2, 0) is 19.3 Å². The molecule has 14 heteroatoms. The zero-order valence-corrected chi connectivity index (χ0v) is 81.6. The maximum absolute atomic E-state index is 4.42. The maximum Gasteiger partial charge on any atom is -0.0141 e. The number of alkyl halides is 4. The SMILES string of the molecule is CBr.CBr.CBr.CBr.Cc1ccc(C)c(-c2ccc3cccnc3c2)c1.Cc1ccc(C)c(-c2ccncc2)c1.Cc1ccc(C)c(-c2ncncn2)c1.Cc1ccc(C)c(CCCCCCN(C)C)c1.Cc1ccc(C)c(CCCCCCP(C)(C)(C)Br)c1.Cc1ccc(C)c(CCCCCCS(C)(C)Br)c1. The summed E-state index contributed by atoms with van der Waals surface area (Å²) in [6, 6.07) is 54.4. The Bertz CT molecular complexity index is 3970. The van der Waals surface area contributed by atoms with Crippen LogP contribution >= 0.6 is 108 Å². The molecule has 0 atom stereocenters. The van der Waals surface area contributed by atoms with Gasteiger partial charge in [0.25, 0.3) is 0 Å². The number of aromatic nitrogens is 5. The molecule has 0 radical (unpaired) electrons. The number of aryl methyl sites for hydroxylation is 15. The first kappa shape index (κ1) is 102. The van der Waals surface area contributed by atoms with Crippen molar-refractivity contribution in [3.8, 4) is 33.6 Å². The smallest absolute Gasteiger partial charge is 0.0141 e. The number of hydrogen-bond acceptors (Lipinski definition) is 6. The normalized spacial score (nSPS) is 11.0. The maximum atomic E-state index is 4.42. The number of hydrogen-bond donors (Lipinski definition) is 0. The number of nitrogens with zero attached hydrogens (tertiary/aromatic N) is 6. The molecule has 0 unspecified atom stereocenters. The van der Waals surface area contributed by atoms with E-state index in [1.54, 1.807) is 11.1 Å². The Morgan fingerprint density at radius 1 is 0.361 bits per heavy atom. The molecule has 0 aliphatic carbocycles. The molecule has 10 aromatic rings. The zero-order chi connectivity index (χ0) is 81.3. The Kier molecular flexibility index (Phi) is 53.6. The summed E-state index contributed by atoms with van der Waals surface area (Å²) in [5, 5.41) is -0.255. The number of pyridine rings is 2. The molecule has 0 saturated heterocycles. The van der Waals surface area contributed by atoms with Crippen LogP contribution in [0.2, 0.25) is 0 Å². The van der Waals surface area contributed by atoms with Crippen molar-refractivity contribution in [3.05, 3.63) is 266 Å². The summed E-state index contributed by atoms with van der Waals surface area (Å²) < 4.78 is 0. The molecule has 0 spiro atoms. The van der Waals surface area contributed by atoms with E-state index in [1.807, 2.05) is 60.1 Å². The molecule has 0 aliphatic heterocycles. The minimum atomic E-state index is -1.44. The standard InChI is InChI=1S/C17H30BrP.C17H15N.C16H27BrS.C16H27N.C13H13N.C11H11N3.4CH3Br/c1-15-11-12-16(2)17(14-15)10-8-6-7-9-13-19(3,4,5)18;1-12-5-6-13(2)16(10-12)15-8-7-14-4-3-9-18-17(14)11-15;1-14-10-11-15(2)16(13-14)9-7-5-6-8-12-18(3,4)17;1-14-10-11-15(2)16(13-14)9-7-5-6-8-12-17(3)4;1-10-3-4-11(2)13(9-10)12-5-7-14-8-6-12;1-8-3-4-9(2)10(5-8)11-13-6-12-7-14-11;4*1-2/h11-12,14H,6-10,13H2,1-5H3;3-11H,1-2H3;10-11,13H,5-9,12H2,1-4H3;10-11,13H,5-9,12H2,1-4H3;3-9H,1-2H3;3-7H,1-2H3;4*1H3. The monoisotopic (exact) mass is 1880 g/mol. The van der Waals surface area contributed by atoms with E-state index in [9.17, 15) is 0 Å². The molecule has 3 heterocycles. The first-order valence-corrected chi connectivity index (χ1v) is 54.6. The van der Waals surface area contributed by atoms with E-state index in [-0.39, 0.29) is 0 Å². The minimum absolute atomic E-state index is 0.463. The second-order valence-electron chi connectivity index (χ2n) is 29.9. The molecule has 0 saturated carbocycles. The van der Waals surface area contributed by atoms with Crippen LogP contribution in [0.15, 0.2) is 183 Å². The van der Waals surface area contributed by atoms with E-state index < -0.39 is 13.8 Å². The van der Waals surface area contributed by atoms with Gasteiger partial charge in [-0.1, -0.05) is 220 Å². The van der Waals surface area contributed by atoms with Crippen molar-refractivity contribution < 1.29 is 0 Å². The van der Waals surface area contributed by atoms with Gasteiger partial charge in [0.15, 0.2) is 5.82 Å². The van der Waals surface area contributed by atoms with Crippen LogP contribution in [0.1, 0.15) is 161 Å². The summed E-state index contributed by atoms with van der Waals surface area (Å²) in [7, 11) is 3.83. The molecular formula is C94H135Br6N6PS. The van der Waals surface area contributed by atoms with E-state index in [1.165, 1.54) is 227 Å². The fourth-order valence-electron chi connectivity index (χ4n) is 11.9. The van der Waals surface area contributed by atoms with Crippen LogP contribution in [-0.4, -0.2) is 118 Å². The summed E-state index contributed by atoms with van der Waals surface area (Å²) in [5.74, 6) is 9.34. The third kappa shape index (κ3) is 44.8. The van der Waals surface area contributed by atoms with Gasteiger partial charge >= 0.3 is 128 Å². The van der Waals surface area contributed by atoms with Crippen molar-refractivity contribution in [2.75, 3.05) is 88.4 Å². The van der Waals surface area contributed by atoms with E-state index >= 15 is 0 Å². The van der Waals surface area contributed by atoms with Gasteiger partial charge in [-0.25, -0.2) is 15.0 Å². The van der Waals surface area contributed by atoms with Crippen LogP contribution in [0, 0.1) is 83.1 Å². The average Bonchev–Trinajstić information content (AvgIpc) is 0.806. The number of unbranched alkanes of at least 4 members (excludes halogenated alkanes) is 9.